The Balaban J connectivity index is 2.10. The van der Waals surface area contributed by atoms with E-state index in [2.05, 4.69) is 41.5 Å². The largest absolute Gasteiger partial charge is 0.453 e. The molecule has 12 heteroatoms. The van der Waals surface area contributed by atoms with E-state index in [9.17, 15) is 4.79 Å². The van der Waals surface area contributed by atoms with Gasteiger partial charge in [-0.2, -0.15) is 0 Å². The summed E-state index contributed by atoms with van der Waals surface area (Å²) >= 11 is 0. The Morgan fingerprint density at radius 1 is 0.518 bits per heavy atom. The first-order chi connectivity index (χ1) is 27.5. The van der Waals surface area contributed by atoms with Crippen molar-refractivity contribution in [3.63, 3.8) is 0 Å². The van der Waals surface area contributed by atoms with Gasteiger partial charge in [0.1, 0.15) is 42.7 Å². The zero-order chi connectivity index (χ0) is 40.4. The molecule has 324 valence electrons. The molecule has 0 spiro atoms. The topological polar surface area (TPSA) is 119 Å². The highest BCUT2D eigenvalue weighted by Gasteiger charge is 2.55. The van der Waals surface area contributed by atoms with Crippen molar-refractivity contribution < 1.29 is 56.9 Å². The molecule has 4 unspecified atom stereocenters. The van der Waals surface area contributed by atoms with Gasteiger partial charge >= 0.3 is 5.97 Å². The molecule has 2 aliphatic heterocycles. The van der Waals surface area contributed by atoms with Crippen molar-refractivity contribution in [1.82, 2.24) is 0 Å². The Labute approximate surface area is 338 Å². The quantitative estimate of drug-likeness (QED) is 0.0534. The summed E-state index contributed by atoms with van der Waals surface area (Å²) in [5.41, 5.74) is 0.437. The van der Waals surface area contributed by atoms with Crippen LogP contribution in [-0.4, -0.2) is 127 Å². The lowest BCUT2D eigenvalue weighted by Gasteiger charge is -2.50. The molecular formula is C44H76O12. The summed E-state index contributed by atoms with van der Waals surface area (Å²) in [6, 6.07) is 8.98. The number of esters is 1. The molecule has 0 aliphatic carbocycles. The van der Waals surface area contributed by atoms with Crippen LogP contribution in [0, 0.1) is 0 Å². The predicted octanol–water partition coefficient (Wildman–Crippen LogP) is 8.07. The van der Waals surface area contributed by atoms with Crippen LogP contribution < -0.4 is 0 Å². The summed E-state index contributed by atoms with van der Waals surface area (Å²) < 4.78 is 71.9. The highest BCUT2D eigenvalue weighted by Crippen LogP contribution is 2.36. The summed E-state index contributed by atoms with van der Waals surface area (Å²) in [6.45, 7) is 16.2. The Morgan fingerprint density at radius 3 is 1.41 bits per heavy atom. The maximum Gasteiger partial charge on any atom is 0.338 e. The molecule has 12 nitrogen and oxygen atoms in total. The fourth-order valence-electron chi connectivity index (χ4n) is 6.63. The number of rotatable bonds is 31. The van der Waals surface area contributed by atoms with E-state index in [0.717, 1.165) is 77.0 Å². The molecule has 2 fully saturated rings. The second-order valence-electron chi connectivity index (χ2n) is 14.8. The third-order valence-corrected chi connectivity index (χ3v) is 10.0. The molecule has 0 N–H and O–H groups in total. The minimum Gasteiger partial charge on any atom is -0.453 e. The van der Waals surface area contributed by atoms with Crippen LogP contribution >= 0.6 is 0 Å². The Bertz CT molecular complexity index is 1110. The van der Waals surface area contributed by atoms with Crippen molar-refractivity contribution in [3.05, 3.63) is 35.9 Å². The lowest BCUT2D eigenvalue weighted by Crippen LogP contribution is -2.66. The van der Waals surface area contributed by atoms with Crippen LogP contribution in [0.2, 0.25) is 0 Å². The number of methoxy groups -OCH3 is 1. The van der Waals surface area contributed by atoms with Crippen LogP contribution in [0.3, 0.4) is 0 Å². The second-order valence-corrected chi connectivity index (χ2v) is 14.8. The van der Waals surface area contributed by atoms with E-state index in [4.69, 9.17) is 52.1 Å². The van der Waals surface area contributed by atoms with Gasteiger partial charge in [0, 0.05) is 46.8 Å². The molecule has 0 radical (unpaired) electrons. The highest BCUT2D eigenvalue weighted by atomic mass is 16.8. The fraction of sp³-hybridized carbons (Fsp3) is 0.841. The van der Waals surface area contributed by atoms with Crippen molar-refractivity contribution in [2.24, 2.45) is 0 Å². The number of carbonyl (C=O) groups excluding carboxylic acids is 1. The van der Waals surface area contributed by atoms with Crippen molar-refractivity contribution in [1.29, 1.82) is 0 Å². The molecule has 2 heterocycles. The standard InChI is InChI=1S/C44H76O12/c1-8-14-25-47-31-34-36(55-42(45)33-23-21-20-22-24-33)38(49-27-16-10-3)41(52-30-19-13-6)44(54-34)56-37-35(32-48-26-15-9-2)53-43(46-7)40(51-29-18-12-5)39(37)50-28-17-11-4/h20-24,34-41,43-44H,8-19,25-32H2,1-7H3/t34?,35?,36-,37+,38+,39?,40+,41?,43-,44-/m1/s1. The Hall–Kier alpha value is -1.71. The minimum absolute atomic E-state index is 0.164. The third kappa shape index (κ3) is 16.2. The van der Waals surface area contributed by atoms with Crippen LogP contribution in [0.5, 0.6) is 0 Å². The first-order valence-electron chi connectivity index (χ1n) is 21.8. The summed E-state index contributed by atoms with van der Waals surface area (Å²) in [5, 5.41) is 0. The van der Waals surface area contributed by atoms with E-state index in [-0.39, 0.29) is 13.2 Å². The third-order valence-electron chi connectivity index (χ3n) is 10.0. The lowest BCUT2D eigenvalue weighted by molar-refractivity contribution is -0.370. The first-order valence-corrected chi connectivity index (χ1v) is 21.8. The normalized spacial score (nSPS) is 28.1. The van der Waals surface area contributed by atoms with Crippen molar-refractivity contribution in [2.45, 2.75) is 180 Å². The number of benzene rings is 1. The van der Waals surface area contributed by atoms with Crippen LogP contribution in [0.1, 0.15) is 129 Å². The van der Waals surface area contributed by atoms with Gasteiger partial charge in [-0.05, 0) is 50.7 Å². The van der Waals surface area contributed by atoms with Crippen molar-refractivity contribution >= 4 is 5.97 Å². The van der Waals surface area contributed by atoms with Crippen molar-refractivity contribution in [3.8, 4) is 0 Å². The maximum absolute atomic E-state index is 13.7. The second kappa shape index (κ2) is 29.5. The number of ether oxygens (including phenoxy) is 11. The molecule has 10 atom stereocenters. The van der Waals surface area contributed by atoms with Crippen LogP contribution in [0.15, 0.2) is 30.3 Å². The molecule has 1 aromatic carbocycles. The fourth-order valence-corrected chi connectivity index (χ4v) is 6.63. The van der Waals surface area contributed by atoms with Crippen LogP contribution in [0.4, 0.5) is 0 Å². The van der Waals surface area contributed by atoms with Gasteiger partial charge in [-0.15, -0.1) is 0 Å². The lowest BCUT2D eigenvalue weighted by atomic mass is 9.95. The van der Waals surface area contributed by atoms with Crippen LogP contribution in [-0.2, 0) is 52.1 Å². The van der Waals surface area contributed by atoms with E-state index in [1.54, 1.807) is 19.2 Å². The summed E-state index contributed by atoms with van der Waals surface area (Å²) in [5.74, 6) is -0.472. The minimum atomic E-state index is -0.968. The molecule has 2 aliphatic rings. The smallest absolute Gasteiger partial charge is 0.338 e. The average molecular weight is 797 g/mol. The average Bonchev–Trinajstić information content (AvgIpc) is 3.21. The molecule has 0 aromatic heterocycles. The van der Waals surface area contributed by atoms with Gasteiger partial charge in [-0.1, -0.05) is 98.3 Å². The van der Waals surface area contributed by atoms with Gasteiger partial charge in [0.25, 0.3) is 0 Å². The molecule has 0 saturated carbocycles. The number of hydrogen-bond donors (Lipinski definition) is 0. The zero-order valence-corrected chi connectivity index (χ0v) is 35.7. The van der Waals surface area contributed by atoms with Gasteiger partial charge < -0.3 is 52.1 Å². The van der Waals surface area contributed by atoms with Gasteiger partial charge in [0.05, 0.1) is 18.8 Å². The van der Waals surface area contributed by atoms with E-state index in [0.29, 0.717) is 45.2 Å². The summed E-state index contributed by atoms with van der Waals surface area (Å²) in [6.07, 6.45) is 3.79. The molecular weight excluding hydrogens is 720 g/mol. The first kappa shape index (κ1) is 48.7. The Kier molecular flexibility index (Phi) is 25.6. The highest BCUT2D eigenvalue weighted by molar-refractivity contribution is 5.89. The van der Waals surface area contributed by atoms with Crippen molar-refractivity contribution in [2.75, 3.05) is 60.0 Å². The monoisotopic (exact) mass is 797 g/mol. The predicted molar refractivity (Wildman–Crippen MR) is 215 cm³/mol. The number of unbranched alkanes of at least 4 members (excludes halogenated alkanes) is 6. The van der Waals surface area contributed by atoms with Gasteiger partial charge in [-0.25, -0.2) is 4.79 Å². The van der Waals surface area contributed by atoms with Gasteiger partial charge in [0.2, 0.25) is 0 Å². The van der Waals surface area contributed by atoms with E-state index < -0.39 is 67.4 Å². The number of hydrogen-bond acceptors (Lipinski definition) is 12. The van der Waals surface area contributed by atoms with Crippen LogP contribution in [0.25, 0.3) is 0 Å². The van der Waals surface area contributed by atoms with E-state index in [1.165, 1.54) is 0 Å². The van der Waals surface area contributed by atoms with E-state index in [1.807, 2.05) is 18.2 Å². The molecule has 3 rings (SSSR count). The number of carbonyl (C=O) groups is 1. The maximum atomic E-state index is 13.7. The molecule has 0 amide bonds. The molecule has 0 bridgehead atoms. The van der Waals surface area contributed by atoms with E-state index >= 15 is 0 Å². The Morgan fingerprint density at radius 2 is 0.929 bits per heavy atom. The van der Waals surface area contributed by atoms with Gasteiger partial charge in [0.15, 0.2) is 18.7 Å². The molecule has 1 aromatic rings. The summed E-state index contributed by atoms with van der Waals surface area (Å²) in [4.78, 5) is 13.7. The SMILES string of the molecule is CCCCOCC1O[C@@H](OC)[C@@H](OCCCC)C(OCCCC)[C@H]1O[C@H]1OC(COCCCC)[C@@H](OC(=O)c2ccccc2)[C@H](OCCCC)C1OCCCC. The van der Waals surface area contributed by atoms with Gasteiger partial charge in [-0.3, -0.25) is 0 Å². The molecule has 56 heavy (non-hydrogen) atoms. The zero-order valence-electron chi connectivity index (χ0n) is 35.7. The molecule has 2 saturated heterocycles. The summed E-state index contributed by atoms with van der Waals surface area (Å²) in [7, 11) is 1.63.